The first-order valence-electron chi connectivity index (χ1n) is 6.56. The van der Waals surface area contributed by atoms with E-state index in [-0.39, 0.29) is 5.56 Å². The molecule has 1 N–H and O–H groups in total. The van der Waals surface area contributed by atoms with E-state index < -0.39 is 5.97 Å². The molecule has 0 amide bonds. The third-order valence-electron chi connectivity index (χ3n) is 2.92. The Hall–Kier alpha value is -2.30. The SMILES string of the molecule is CCCc1nc(-c2cc(C)nc(C)c2)ncc1C(=O)O. The molecule has 0 saturated heterocycles. The Bertz CT molecular complexity index is 633. The molecule has 0 saturated carbocycles. The molecular formula is C15H17N3O2. The average Bonchev–Trinajstić information content (AvgIpc) is 2.37. The number of nitrogens with zero attached hydrogens (tertiary/aromatic N) is 3. The lowest BCUT2D eigenvalue weighted by molar-refractivity contribution is 0.0694. The monoisotopic (exact) mass is 271 g/mol. The zero-order valence-corrected chi connectivity index (χ0v) is 11.8. The van der Waals surface area contributed by atoms with Crippen molar-refractivity contribution in [2.24, 2.45) is 0 Å². The van der Waals surface area contributed by atoms with Crippen LogP contribution in [0.1, 0.15) is 40.8 Å². The number of rotatable bonds is 4. The summed E-state index contributed by atoms with van der Waals surface area (Å²) < 4.78 is 0. The molecule has 2 aromatic rings. The van der Waals surface area contributed by atoms with Crippen LogP contribution in [0, 0.1) is 13.8 Å². The Kier molecular flexibility index (Phi) is 4.08. The molecule has 0 spiro atoms. The van der Waals surface area contributed by atoms with Gasteiger partial charge in [0.2, 0.25) is 0 Å². The summed E-state index contributed by atoms with van der Waals surface area (Å²) in [7, 11) is 0. The highest BCUT2D eigenvalue weighted by molar-refractivity contribution is 5.88. The number of carboxylic acids is 1. The molecule has 0 aromatic carbocycles. The molecule has 20 heavy (non-hydrogen) atoms. The van der Waals surface area contributed by atoms with Crippen LogP contribution in [0.5, 0.6) is 0 Å². The minimum Gasteiger partial charge on any atom is -0.478 e. The predicted molar refractivity (Wildman–Crippen MR) is 75.7 cm³/mol. The average molecular weight is 271 g/mol. The summed E-state index contributed by atoms with van der Waals surface area (Å²) in [5.41, 5.74) is 3.41. The van der Waals surface area contributed by atoms with Crippen molar-refractivity contribution in [2.75, 3.05) is 0 Å². The molecule has 2 rings (SSSR count). The van der Waals surface area contributed by atoms with Crippen LogP contribution in [0.15, 0.2) is 18.3 Å². The summed E-state index contributed by atoms with van der Waals surface area (Å²) in [5.74, 6) is -0.436. The summed E-state index contributed by atoms with van der Waals surface area (Å²) >= 11 is 0. The van der Waals surface area contributed by atoms with E-state index in [0.717, 1.165) is 23.4 Å². The smallest absolute Gasteiger partial charge is 0.339 e. The summed E-state index contributed by atoms with van der Waals surface area (Å²) in [4.78, 5) is 24.1. The van der Waals surface area contributed by atoms with Crippen LogP contribution in [0.4, 0.5) is 0 Å². The Morgan fingerprint density at radius 2 is 1.85 bits per heavy atom. The zero-order chi connectivity index (χ0) is 14.7. The predicted octanol–water partition coefficient (Wildman–Crippen LogP) is 2.81. The van der Waals surface area contributed by atoms with Crippen LogP contribution >= 0.6 is 0 Å². The highest BCUT2D eigenvalue weighted by atomic mass is 16.4. The van der Waals surface area contributed by atoms with E-state index in [4.69, 9.17) is 5.11 Å². The van der Waals surface area contributed by atoms with E-state index in [1.807, 2.05) is 32.9 Å². The van der Waals surface area contributed by atoms with Crippen LogP contribution in [-0.2, 0) is 6.42 Å². The van der Waals surface area contributed by atoms with Crippen molar-refractivity contribution in [1.29, 1.82) is 0 Å². The Labute approximate surface area is 117 Å². The molecule has 0 aliphatic heterocycles. The maximum Gasteiger partial charge on any atom is 0.339 e. The van der Waals surface area contributed by atoms with Crippen LogP contribution in [0.25, 0.3) is 11.4 Å². The van der Waals surface area contributed by atoms with E-state index in [1.54, 1.807) is 0 Å². The summed E-state index contributed by atoms with van der Waals surface area (Å²) in [5, 5.41) is 9.15. The van der Waals surface area contributed by atoms with Crippen molar-refractivity contribution in [3.63, 3.8) is 0 Å². The van der Waals surface area contributed by atoms with Gasteiger partial charge < -0.3 is 5.11 Å². The van der Waals surface area contributed by atoms with Crippen molar-refractivity contribution < 1.29 is 9.90 Å². The second kappa shape index (κ2) is 5.77. The van der Waals surface area contributed by atoms with E-state index in [0.29, 0.717) is 17.9 Å². The molecule has 0 unspecified atom stereocenters. The number of hydrogen-bond donors (Lipinski definition) is 1. The van der Waals surface area contributed by atoms with Gasteiger partial charge in [-0.1, -0.05) is 13.3 Å². The fraction of sp³-hybridized carbons (Fsp3) is 0.333. The maximum absolute atomic E-state index is 11.2. The lowest BCUT2D eigenvalue weighted by Crippen LogP contribution is -2.07. The van der Waals surface area contributed by atoms with Gasteiger partial charge in [-0.05, 0) is 32.4 Å². The highest BCUT2D eigenvalue weighted by Crippen LogP contribution is 2.19. The molecular weight excluding hydrogens is 254 g/mol. The number of carboxylic acid groups (broad SMARTS) is 1. The van der Waals surface area contributed by atoms with E-state index in [2.05, 4.69) is 15.0 Å². The minimum absolute atomic E-state index is 0.179. The molecule has 104 valence electrons. The van der Waals surface area contributed by atoms with Gasteiger partial charge in [0, 0.05) is 23.1 Å². The summed E-state index contributed by atoms with van der Waals surface area (Å²) in [6.45, 7) is 5.82. The van der Waals surface area contributed by atoms with Gasteiger partial charge in [0.05, 0.1) is 11.3 Å². The van der Waals surface area contributed by atoms with Crippen molar-refractivity contribution in [2.45, 2.75) is 33.6 Å². The first-order valence-corrected chi connectivity index (χ1v) is 6.56. The summed E-state index contributed by atoms with van der Waals surface area (Å²) in [6, 6.07) is 3.80. The van der Waals surface area contributed by atoms with Crippen molar-refractivity contribution in [3.8, 4) is 11.4 Å². The van der Waals surface area contributed by atoms with Gasteiger partial charge in [0.25, 0.3) is 0 Å². The standard InChI is InChI=1S/C15H17N3O2/c1-4-5-13-12(15(19)20)8-16-14(18-13)11-6-9(2)17-10(3)7-11/h6-8H,4-5H2,1-3H3,(H,19,20). The number of aromatic nitrogens is 3. The number of aromatic carboxylic acids is 1. The van der Waals surface area contributed by atoms with Gasteiger partial charge >= 0.3 is 5.97 Å². The molecule has 5 nitrogen and oxygen atoms in total. The summed E-state index contributed by atoms with van der Waals surface area (Å²) in [6.07, 6.45) is 2.85. The van der Waals surface area contributed by atoms with Gasteiger partial charge in [-0.15, -0.1) is 0 Å². The highest BCUT2D eigenvalue weighted by Gasteiger charge is 2.14. The third-order valence-corrected chi connectivity index (χ3v) is 2.92. The lowest BCUT2D eigenvalue weighted by atomic mass is 10.1. The molecule has 0 radical (unpaired) electrons. The maximum atomic E-state index is 11.2. The third kappa shape index (κ3) is 2.99. The second-order valence-corrected chi connectivity index (χ2v) is 4.75. The minimum atomic E-state index is -0.984. The number of hydrogen-bond acceptors (Lipinski definition) is 4. The second-order valence-electron chi connectivity index (χ2n) is 4.75. The van der Waals surface area contributed by atoms with Crippen molar-refractivity contribution in [1.82, 2.24) is 15.0 Å². The van der Waals surface area contributed by atoms with Crippen molar-refractivity contribution in [3.05, 3.63) is 41.0 Å². The number of aryl methyl sites for hydroxylation is 3. The van der Waals surface area contributed by atoms with E-state index in [9.17, 15) is 4.79 Å². The molecule has 2 aromatic heterocycles. The van der Waals surface area contributed by atoms with Gasteiger partial charge in [0.1, 0.15) is 0 Å². The first kappa shape index (κ1) is 14.1. The van der Waals surface area contributed by atoms with Gasteiger partial charge in [-0.25, -0.2) is 14.8 Å². The Balaban J connectivity index is 2.52. The molecule has 5 heteroatoms. The lowest BCUT2D eigenvalue weighted by Gasteiger charge is -2.08. The van der Waals surface area contributed by atoms with Gasteiger partial charge in [-0.2, -0.15) is 0 Å². The van der Waals surface area contributed by atoms with Crippen LogP contribution in [0.3, 0.4) is 0 Å². The van der Waals surface area contributed by atoms with E-state index >= 15 is 0 Å². The normalized spacial score (nSPS) is 10.6. The van der Waals surface area contributed by atoms with Crippen molar-refractivity contribution >= 4 is 5.97 Å². The fourth-order valence-electron chi connectivity index (χ4n) is 2.13. The molecule has 0 aliphatic carbocycles. The van der Waals surface area contributed by atoms with E-state index in [1.165, 1.54) is 6.20 Å². The van der Waals surface area contributed by atoms with Gasteiger partial charge in [0.15, 0.2) is 5.82 Å². The Morgan fingerprint density at radius 3 is 2.40 bits per heavy atom. The molecule has 0 fully saturated rings. The zero-order valence-electron chi connectivity index (χ0n) is 11.8. The number of carbonyl (C=O) groups is 1. The quantitative estimate of drug-likeness (QED) is 0.925. The van der Waals surface area contributed by atoms with Crippen LogP contribution in [0.2, 0.25) is 0 Å². The largest absolute Gasteiger partial charge is 0.478 e. The van der Waals surface area contributed by atoms with Crippen LogP contribution in [-0.4, -0.2) is 26.0 Å². The Morgan fingerprint density at radius 1 is 1.20 bits per heavy atom. The molecule has 0 atom stereocenters. The topological polar surface area (TPSA) is 76.0 Å². The van der Waals surface area contributed by atoms with Crippen LogP contribution < -0.4 is 0 Å². The molecule has 2 heterocycles. The molecule has 0 bridgehead atoms. The van der Waals surface area contributed by atoms with Gasteiger partial charge in [-0.3, -0.25) is 4.98 Å². The molecule has 0 aliphatic rings. The fourth-order valence-corrected chi connectivity index (χ4v) is 2.13. The number of pyridine rings is 1. The first-order chi connectivity index (χ1) is 9.51.